The van der Waals surface area contributed by atoms with Crippen LogP contribution in [0.3, 0.4) is 0 Å². The third kappa shape index (κ3) is 5.87. The Morgan fingerprint density at radius 2 is 1.69 bits per heavy atom. The van der Waals surface area contributed by atoms with Gasteiger partial charge in [0.05, 0.1) is 28.4 Å². The van der Waals surface area contributed by atoms with E-state index >= 15 is 0 Å². The molecular weight excluding hydrogens is 450 g/mol. The van der Waals surface area contributed by atoms with E-state index in [4.69, 9.17) is 16.3 Å². The van der Waals surface area contributed by atoms with Gasteiger partial charge < -0.3 is 4.74 Å². The summed E-state index contributed by atoms with van der Waals surface area (Å²) in [6, 6.07) is 21.4. The van der Waals surface area contributed by atoms with Crippen molar-refractivity contribution < 1.29 is 17.9 Å². The highest BCUT2D eigenvalue weighted by Crippen LogP contribution is 2.30. The molecule has 1 amide bonds. The van der Waals surface area contributed by atoms with Gasteiger partial charge in [-0.15, -0.1) is 0 Å². The van der Waals surface area contributed by atoms with E-state index in [0.29, 0.717) is 6.61 Å². The van der Waals surface area contributed by atoms with E-state index in [9.17, 15) is 13.2 Å². The summed E-state index contributed by atoms with van der Waals surface area (Å²) in [6.45, 7) is 1.97. The van der Waals surface area contributed by atoms with Crippen molar-refractivity contribution in [2.24, 2.45) is 5.10 Å². The Morgan fingerprint density at radius 1 is 1.03 bits per heavy atom. The predicted molar refractivity (Wildman–Crippen MR) is 126 cm³/mol. The average molecular weight is 472 g/mol. The van der Waals surface area contributed by atoms with Gasteiger partial charge in [-0.2, -0.15) is 5.10 Å². The molecule has 0 unspecified atom stereocenters. The zero-order chi connectivity index (χ0) is 23.0. The van der Waals surface area contributed by atoms with E-state index in [1.54, 1.807) is 66.7 Å². The molecule has 0 radical (unpaired) electrons. The Kier molecular flexibility index (Phi) is 7.86. The lowest BCUT2D eigenvalue weighted by Gasteiger charge is -2.24. The first kappa shape index (κ1) is 23.3. The molecule has 0 atom stereocenters. The number of anilines is 1. The van der Waals surface area contributed by atoms with Crippen LogP contribution in [0.15, 0.2) is 88.9 Å². The SMILES string of the molecule is CCOc1ccc(/C=N\NC(=O)CN(c2ccccc2Cl)S(=O)(=O)c2ccccc2)cc1. The summed E-state index contributed by atoms with van der Waals surface area (Å²) in [7, 11) is -4.04. The second-order valence-corrected chi connectivity index (χ2v) is 8.84. The van der Waals surface area contributed by atoms with Crippen LogP contribution in [-0.2, 0) is 14.8 Å². The molecule has 166 valence electrons. The van der Waals surface area contributed by atoms with Crippen LogP contribution in [0.2, 0.25) is 5.02 Å². The highest BCUT2D eigenvalue weighted by Gasteiger charge is 2.28. The Bertz CT molecular complexity index is 1180. The molecule has 0 bridgehead atoms. The molecule has 0 saturated carbocycles. The minimum atomic E-state index is -4.04. The maximum Gasteiger partial charge on any atom is 0.264 e. The largest absolute Gasteiger partial charge is 0.494 e. The van der Waals surface area contributed by atoms with Crippen LogP contribution in [0.4, 0.5) is 5.69 Å². The highest BCUT2D eigenvalue weighted by atomic mass is 35.5. The molecule has 0 heterocycles. The van der Waals surface area contributed by atoms with Gasteiger partial charge in [0.25, 0.3) is 15.9 Å². The lowest BCUT2D eigenvalue weighted by Crippen LogP contribution is -2.39. The molecule has 9 heteroatoms. The van der Waals surface area contributed by atoms with Crippen LogP contribution in [0.5, 0.6) is 5.75 Å². The number of carbonyl (C=O) groups excluding carboxylic acids is 1. The lowest BCUT2D eigenvalue weighted by molar-refractivity contribution is -0.119. The fraction of sp³-hybridized carbons (Fsp3) is 0.130. The number of nitrogens with one attached hydrogen (secondary N) is 1. The van der Waals surface area contributed by atoms with Crippen LogP contribution in [0.25, 0.3) is 0 Å². The zero-order valence-electron chi connectivity index (χ0n) is 17.3. The summed E-state index contributed by atoms with van der Waals surface area (Å²) in [6.07, 6.45) is 1.46. The first-order chi connectivity index (χ1) is 15.4. The van der Waals surface area contributed by atoms with Crippen molar-refractivity contribution in [2.45, 2.75) is 11.8 Å². The number of sulfonamides is 1. The summed E-state index contributed by atoms with van der Waals surface area (Å²) in [5.74, 6) is 0.113. The molecule has 0 aliphatic rings. The van der Waals surface area contributed by atoms with Crippen molar-refractivity contribution in [3.05, 3.63) is 89.4 Å². The minimum absolute atomic E-state index is 0.0469. The van der Waals surface area contributed by atoms with E-state index in [-0.39, 0.29) is 15.6 Å². The molecule has 0 fully saturated rings. The van der Waals surface area contributed by atoms with Crippen molar-refractivity contribution in [2.75, 3.05) is 17.5 Å². The molecule has 0 saturated heterocycles. The van der Waals surface area contributed by atoms with E-state index < -0.39 is 22.5 Å². The fourth-order valence-electron chi connectivity index (χ4n) is 2.83. The van der Waals surface area contributed by atoms with Gasteiger partial charge in [0.15, 0.2) is 0 Å². The predicted octanol–water partition coefficient (Wildman–Crippen LogP) is 4.08. The minimum Gasteiger partial charge on any atom is -0.494 e. The molecule has 0 aliphatic heterocycles. The number of hydrogen-bond acceptors (Lipinski definition) is 5. The zero-order valence-corrected chi connectivity index (χ0v) is 18.9. The summed E-state index contributed by atoms with van der Waals surface area (Å²) in [5.41, 5.74) is 3.31. The third-order valence-corrected chi connectivity index (χ3v) is 6.43. The number of halogens is 1. The van der Waals surface area contributed by atoms with Crippen LogP contribution < -0.4 is 14.5 Å². The van der Waals surface area contributed by atoms with Crippen molar-refractivity contribution in [3.63, 3.8) is 0 Å². The maximum absolute atomic E-state index is 13.2. The number of ether oxygens (including phenoxy) is 1. The number of carbonyl (C=O) groups is 1. The topological polar surface area (TPSA) is 88.1 Å². The van der Waals surface area contributed by atoms with E-state index in [0.717, 1.165) is 15.6 Å². The van der Waals surface area contributed by atoms with E-state index in [1.807, 2.05) is 6.92 Å². The standard InChI is InChI=1S/C23H22ClN3O4S/c1-2-31-19-14-12-18(13-15-19)16-25-26-23(28)17-27(22-11-7-6-10-21(22)24)32(29,30)20-8-4-3-5-9-20/h3-16H,2,17H2,1H3,(H,26,28)/b25-16-. The Balaban J connectivity index is 1.78. The van der Waals surface area contributed by atoms with Crippen molar-refractivity contribution in [1.29, 1.82) is 0 Å². The number of amides is 1. The van der Waals surface area contributed by atoms with Gasteiger partial charge in [-0.3, -0.25) is 9.10 Å². The second-order valence-electron chi connectivity index (χ2n) is 6.57. The number of benzene rings is 3. The van der Waals surface area contributed by atoms with Gasteiger partial charge in [0.2, 0.25) is 0 Å². The molecule has 0 spiro atoms. The summed E-state index contributed by atoms with van der Waals surface area (Å²) in [4.78, 5) is 12.6. The molecule has 1 N–H and O–H groups in total. The molecule has 32 heavy (non-hydrogen) atoms. The van der Waals surface area contributed by atoms with Gasteiger partial charge in [-0.05, 0) is 61.0 Å². The summed E-state index contributed by atoms with van der Waals surface area (Å²) < 4.78 is 32.8. The van der Waals surface area contributed by atoms with E-state index in [1.165, 1.54) is 18.3 Å². The summed E-state index contributed by atoms with van der Waals surface area (Å²) >= 11 is 6.24. The number of para-hydroxylation sites is 1. The highest BCUT2D eigenvalue weighted by molar-refractivity contribution is 7.92. The monoisotopic (exact) mass is 471 g/mol. The number of hydrazone groups is 1. The number of nitrogens with zero attached hydrogens (tertiary/aromatic N) is 2. The number of hydrogen-bond donors (Lipinski definition) is 1. The van der Waals surface area contributed by atoms with Crippen LogP contribution in [-0.4, -0.2) is 33.7 Å². The first-order valence-corrected chi connectivity index (χ1v) is 11.6. The molecule has 0 aromatic heterocycles. The average Bonchev–Trinajstić information content (AvgIpc) is 2.80. The van der Waals surface area contributed by atoms with Crippen molar-refractivity contribution >= 4 is 39.4 Å². The van der Waals surface area contributed by atoms with Gasteiger partial charge in [-0.25, -0.2) is 13.8 Å². The van der Waals surface area contributed by atoms with Crippen LogP contribution in [0, 0.1) is 0 Å². The lowest BCUT2D eigenvalue weighted by atomic mass is 10.2. The van der Waals surface area contributed by atoms with Gasteiger partial charge >= 0.3 is 0 Å². The maximum atomic E-state index is 13.2. The molecule has 7 nitrogen and oxygen atoms in total. The normalized spacial score (nSPS) is 11.3. The van der Waals surface area contributed by atoms with Crippen LogP contribution in [0.1, 0.15) is 12.5 Å². The smallest absolute Gasteiger partial charge is 0.264 e. The van der Waals surface area contributed by atoms with Crippen molar-refractivity contribution in [3.8, 4) is 5.75 Å². The molecule has 0 aliphatic carbocycles. The Hall–Kier alpha value is -3.36. The third-order valence-electron chi connectivity index (χ3n) is 4.33. The van der Waals surface area contributed by atoms with E-state index in [2.05, 4.69) is 10.5 Å². The fourth-order valence-corrected chi connectivity index (χ4v) is 4.58. The quantitative estimate of drug-likeness (QED) is 0.376. The van der Waals surface area contributed by atoms with Crippen molar-refractivity contribution in [1.82, 2.24) is 5.43 Å². The second kappa shape index (κ2) is 10.8. The number of rotatable bonds is 9. The van der Waals surface area contributed by atoms with Gasteiger partial charge in [0.1, 0.15) is 12.3 Å². The molecular formula is C23H22ClN3O4S. The van der Waals surface area contributed by atoms with Gasteiger partial charge in [0, 0.05) is 0 Å². The molecule has 3 aromatic rings. The molecule has 3 rings (SSSR count). The van der Waals surface area contributed by atoms with Crippen LogP contribution >= 0.6 is 11.6 Å². The Labute approximate surface area is 192 Å². The molecule has 3 aromatic carbocycles. The Morgan fingerprint density at radius 3 is 2.34 bits per heavy atom. The first-order valence-electron chi connectivity index (χ1n) is 9.79. The summed E-state index contributed by atoms with van der Waals surface area (Å²) in [5, 5.41) is 4.13. The van der Waals surface area contributed by atoms with Gasteiger partial charge in [-0.1, -0.05) is 41.9 Å².